The van der Waals surface area contributed by atoms with Crippen LogP contribution in [0.25, 0.3) is 0 Å². The summed E-state index contributed by atoms with van der Waals surface area (Å²) >= 11 is 2.38. The lowest BCUT2D eigenvalue weighted by Gasteiger charge is -2.36. The molecular weight excluding hydrogens is 325 g/mol. The molecule has 2 aliphatic rings. The van der Waals surface area contributed by atoms with E-state index in [1.165, 1.54) is 35.2 Å². The van der Waals surface area contributed by atoms with Crippen molar-refractivity contribution in [3.05, 3.63) is 21.8 Å². The standard InChI is InChI=1S/C13H18IN3/c14-12-9-10(15)1-4-13(12)17-7-5-16(6-8-17)11-2-3-11/h1,4,9,11H,2-3,5-8,15H2. The van der Waals surface area contributed by atoms with Gasteiger partial charge in [-0.15, -0.1) is 0 Å². The van der Waals surface area contributed by atoms with Crippen LogP contribution in [0.1, 0.15) is 12.8 Å². The van der Waals surface area contributed by atoms with Gasteiger partial charge in [0.1, 0.15) is 0 Å². The van der Waals surface area contributed by atoms with E-state index in [4.69, 9.17) is 5.73 Å². The van der Waals surface area contributed by atoms with Gasteiger partial charge in [0.2, 0.25) is 0 Å². The van der Waals surface area contributed by atoms with Gasteiger partial charge in [-0.3, -0.25) is 4.90 Å². The Morgan fingerprint density at radius 2 is 1.82 bits per heavy atom. The molecule has 0 aromatic heterocycles. The van der Waals surface area contributed by atoms with Gasteiger partial charge in [-0.25, -0.2) is 0 Å². The molecular formula is C13H18IN3. The molecule has 0 atom stereocenters. The van der Waals surface area contributed by atoms with Gasteiger partial charge in [0.05, 0.1) is 5.69 Å². The van der Waals surface area contributed by atoms with E-state index in [9.17, 15) is 0 Å². The minimum Gasteiger partial charge on any atom is -0.399 e. The van der Waals surface area contributed by atoms with Gasteiger partial charge in [-0.05, 0) is 53.6 Å². The maximum absolute atomic E-state index is 5.80. The lowest BCUT2D eigenvalue weighted by atomic mass is 10.2. The molecule has 0 bridgehead atoms. The average Bonchev–Trinajstić information content (AvgIpc) is 3.13. The van der Waals surface area contributed by atoms with Gasteiger partial charge in [0.15, 0.2) is 0 Å². The number of hydrogen-bond donors (Lipinski definition) is 1. The normalized spacial score (nSPS) is 21.8. The van der Waals surface area contributed by atoms with E-state index in [1.807, 2.05) is 6.07 Å². The smallest absolute Gasteiger partial charge is 0.0504 e. The fourth-order valence-electron chi connectivity index (χ4n) is 2.55. The molecule has 1 saturated carbocycles. The Kier molecular flexibility index (Phi) is 3.17. The number of hydrogen-bond acceptors (Lipinski definition) is 3. The largest absolute Gasteiger partial charge is 0.399 e. The van der Waals surface area contributed by atoms with Crippen molar-refractivity contribution in [3.8, 4) is 0 Å². The van der Waals surface area contributed by atoms with Gasteiger partial charge in [-0.2, -0.15) is 0 Å². The first kappa shape index (κ1) is 11.6. The van der Waals surface area contributed by atoms with Crippen LogP contribution >= 0.6 is 22.6 Å². The van der Waals surface area contributed by atoms with Crippen LogP contribution in [0.3, 0.4) is 0 Å². The van der Waals surface area contributed by atoms with Crippen LogP contribution in [-0.2, 0) is 0 Å². The maximum Gasteiger partial charge on any atom is 0.0504 e. The molecule has 0 radical (unpaired) electrons. The van der Waals surface area contributed by atoms with Crippen LogP contribution in [0.2, 0.25) is 0 Å². The van der Waals surface area contributed by atoms with Gasteiger partial charge in [0, 0.05) is 41.5 Å². The number of halogens is 1. The number of anilines is 2. The summed E-state index contributed by atoms with van der Waals surface area (Å²) in [5.41, 5.74) is 7.99. The number of piperazine rings is 1. The van der Waals surface area contributed by atoms with Crippen LogP contribution in [0.4, 0.5) is 11.4 Å². The minimum absolute atomic E-state index is 0.856. The highest BCUT2D eigenvalue weighted by atomic mass is 127. The molecule has 4 heteroatoms. The molecule has 2 N–H and O–H groups in total. The van der Waals surface area contributed by atoms with E-state index in [0.717, 1.165) is 24.8 Å². The lowest BCUT2D eigenvalue weighted by molar-refractivity contribution is 0.248. The zero-order chi connectivity index (χ0) is 11.8. The van der Waals surface area contributed by atoms with Crippen molar-refractivity contribution in [1.82, 2.24) is 4.90 Å². The van der Waals surface area contributed by atoms with Crippen LogP contribution in [-0.4, -0.2) is 37.1 Å². The highest BCUT2D eigenvalue weighted by molar-refractivity contribution is 14.1. The summed E-state index contributed by atoms with van der Waals surface area (Å²) in [4.78, 5) is 5.13. The molecule has 1 aromatic carbocycles. The summed E-state index contributed by atoms with van der Waals surface area (Å²) in [6.07, 6.45) is 2.83. The van der Waals surface area contributed by atoms with Crippen molar-refractivity contribution in [3.63, 3.8) is 0 Å². The molecule has 1 heterocycles. The first-order chi connectivity index (χ1) is 8.24. The van der Waals surface area contributed by atoms with Crippen LogP contribution in [0.5, 0.6) is 0 Å². The Balaban J connectivity index is 1.68. The van der Waals surface area contributed by atoms with Gasteiger partial charge < -0.3 is 10.6 Å². The quantitative estimate of drug-likeness (QED) is 0.660. The maximum atomic E-state index is 5.80. The predicted molar refractivity (Wildman–Crippen MR) is 80.4 cm³/mol. The summed E-state index contributed by atoms with van der Waals surface area (Å²) in [7, 11) is 0. The SMILES string of the molecule is Nc1ccc(N2CCN(C3CC3)CC2)c(I)c1. The van der Waals surface area contributed by atoms with Crippen LogP contribution < -0.4 is 10.6 Å². The van der Waals surface area contributed by atoms with E-state index in [-0.39, 0.29) is 0 Å². The molecule has 17 heavy (non-hydrogen) atoms. The third kappa shape index (κ3) is 2.52. The predicted octanol–water partition coefficient (Wildman–Crippen LogP) is 2.16. The minimum atomic E-state index is 0.856. The molecule has 2 fully saturated rings. The molecule has 3 nitrogen and oxygen atoms in total. The topological polar surface area (TPSA) is 32.5 Å². The molecule has 1 saturated heterocycles. The number of nitrogen functional groups attached to an aromatic ring is 1. The zero-order valence-corrected chi connectivity index (χ0v) is 12.1. The second kappa shape index (κ2) is 4.65. The molecule has 0 spiro atoms. The fourth-order valence-corrected chi connectivity index (χ4v) is 3.43. The Morgan fingerprint density at radius 1 is 1.12 bits per heavy atom. The van der Waals surface area contributed by atoms with Gasteiger partial charge in [-0.1, -0.05) is 0 Å². The second-order valence-corrected chi connectivity index (χ2v) is 6.13. The highest BCUT2D eigenvalue weighted by Crippen LogP contribution is 2.30. The third-order valence-corrected chi connectivity index (χ3v) is 4.55. The van der Waals surface area contributed by atoms with Gasteiger partial charge >= 0.3 is 0 Å². The van der Waals surface area contributed by atoms with E-state index in [2.05, 4.69) is 44.5 Å². The van der Waals surface area contributed by atoms with Crippen LogP contribution in [0, 0.1) is 3.57 Å². The Hall–Kier alpha value is -0.490. The molecule has 92 valence electrons. The molecule has 3 rings (SSSR count). The van der Waals surface area contributed by atoms with E-state index >= 15 is 0 Å². The molecule has 1 aliphatic carbocycles. The monoisotopic (exact) mass is 343 g/mol. The molecule has 0 unspecified atom stereocenters. The molecule has 1 aromatic rings. The number of benzene rings is 1. The van der Waals surface area contributed by atoms with Crippen molar-refractivity contribution in [2.45, 2.75) is 18.9 Å². The Bertz CT molecular complexity index is 409. The summed E-state index contributed by atoms with van der Waals surface area (Å²) < 4.78 is 1.27. The van der Waals surface area contributed by atoms with E-state index in [0.29, 0.717) is 0 Å². The Labute approximate surface area is 116 Å². The number of rotatable bonds is 2. The summed E-state index contributed by atoms with van der Waals surface area (Å²) in [6, 6.07) is 7.13. The first-order valence-corrected chi connectivity index (χ1v) is 7.36. The zero-order valence-electron chi connectivity index (χ0n) is 9.90. The lowest BCUT2D eigenvalue weighted by Crippen LogP contribution is -2.47. The summed E-state index contributed by atoms with van der Waals surface area (Å²) in [5.74, 6) is 0. The average molecular weight is 343 g/mol. The molecule has 0 amide bonds. The van der Waals surface area contributed by atoms with Crippen molar-refractivity contribution < 1.29 is 0 Å². The van der Waals surface area contributed by atoms with Crippen molar-refractivity contribution in [2.24, 2.45) is 0 Å². The summed E-state index contributed by atoms with van der Waals surface area (Å²) in [5, 5.41) is 0. The first-order valence-electron chi connectivity index (χ1n) is 6.28. The van der Waals surface area contributed by atoms with Crippen molar-refractivity contribution in [2.75, 3.05) is 36.8 Å². The summed E-state index contributed by atoms with van der Waals surface area (Å²) in [6.45, 7) is 4.73. The number of nitrogens with two attached hydrogens (primary N) is 1. The highest BCUT2D eigenvalue weighted by Gasteiger charge is 2.31. The third-order valence-electron chi connectivity index (χ3n) is 3.69. The fraction of sp³-hybridized carbons (Fsp3) is 0.538. The number of nitrogens with zero attached hydrogens (tertiary/aromatic N) is 2. The molecule has 1 aliphatic heterocycles. The van der Waals surface area contributed by atoms with E-state index < -0.39 is 0 Å². The van der Waals surface area contributed by atoms with Crippen molar-refractivity contribution >= 4 is 34.0 Å². The van der Waals surface area contributed by atoms with Crippen molar-refractivity contribution in [1.29, 1.82) is 0 Å². The van der Waals surface area contributed by atoms with Crippen LogP contribution in [0.15, 0.2) is 18.2 Å². The second-order valence-electron chi connectivity index (χ2n) is 4.97. The van der Waals surface area contributed by atoms with Gasteiger partial charge in [0.25, 0.3) is 0 Å². The van der Waals surface area contributed by atoms with E-state index in [1.54, 1.807) is 0 Å². The Morgan fingerprint density at radius 3 is 2.41 bits per heavy atom.